The topological polar surface area (TPSA) is 37.8 Å². The molecule has 0 bridgehead atoms. The van der Waals surface area contributed by atoms with E-state index in [1.54, 1.807) is 11.3 Å². The van der Waals surface area contributed by atoms with Gasteiger partial charge >= 0.3 is 0 Å². The first-order valence-electron chi connectivity index (χ1n) is 4.46. The Balaban J connectivity index is 2.25. The second-order valence-electron chi connectivity index (χ2n) is 2.84. The number of aromatic nitrogens is 2. The lowest BCUT2D eigenvalue weighted by atomic mass is 10.2. The van der Waals surface area contributed by atoms with E-state index in [2.05, 4.69) is 38.5 Å². The van der Waals surface area contributed by atoms with Gasteiger partial charge in [0, 0.05) is 4.88 Å². The molecule has 0 spiro atoms. The van der Waals surface area contributed by atoms with E-state index in [-0.39, 0.29) is 6.04 Å². The van der Waals surface area contributed by atoms with E-state index in [0.29, 0.717) is 0 Å². The lowest BCUT2D eigenvalue weighted by Gasteiger charge is -2.12. The van der Waals surface area contributed by atoms with Crippen LogP contribution in [0.1, 0.15) is 23.5 Å². The van der Waals surface area contributed by atoms with Crippen molar-refractivity contribution in [3.8, 4) is 0 Å². The normalized spacial score (nSPS) is 12.9. The lowest BCUT2D eigenvalue weighted by molar-refractivity contribution is 0.629. The zero-order valence-corrected chi connectivity index (χ0v) is 9.44. The van der Waals surface area contributed by atoms with E-state index < -0.39 is 0 Å². The highest BCUT2D eigenvalue weighted by Gasteiger charge is 2.15. The van der Waals surface area contributed by atoms with Gasteiger partial charge in [-0.2, -0.15) is 8.75 Å². The van der Waals surface area contributed by atoms with Gasteiger partial charge in [0.05, 0.1) is 29.7 Å². The molecule has 3 nitrogen and oxygen atoms in total. The molecule has 2 aromatic rings. The van der Waals surface area contributed by atoms with Gasteiger partial charge in [-0.15, -0.1) is 11.3 Å². The third-order valence-corrected chi connectivity index (χ3v) is 3.34. The molecule has 0 aliphatic heterocycles. The van der Waals surface area contributed by atoms with Crippen molar-refractivity contribution in [2.24, 2.45) is 0 Å². The molecule has 1 unspecified atom stereocenters. The maximum Gasteiger partial charge on any atom is 0.0965 e. The Kier molecular flexibility index (Phi) is 3.23. The van der Waals surface area contributed by atoms with Gasteiger partial charge < -0.3 is 5.32 Å². The number of hydrogen-bond acceptors (Lipinski definition) is 5. The van der Waals surface area contributed by atoms with Crippen LogP contribution in [-0.2, 0) is 0 Å². The van der Waals surface area contributed by atoms with Crippen molar-refractivity contribution in [2.75, 3.05) is 6.54 Å². The summed E-state index contributed by atoms with van der Waals surface area (Å²) in [5, 5.41) is 5.48. The summed E-state index contributed by atoms with van der Waals surface area (Å²) in [4.78, 5) is 1.29. The van der Waals surface area contributed by atoms with Gasteiger partial charge in [0.15, 0.2) is 0 Å². The minimum atomic E-state index is 0.207. The molecule has 0 amide bonds. The molecular formula is C9H11N3S2. The number of nitrogens with zero attached hydrogens (tertiary/aromatic N) is 2. The first-order chi connectivity index (χ1) is 6.92. The monoisotopic (exact) mass is 225 g/mol. The smallest absolute Gasteiger partial charge is 0.0965 e. The molecule has 14 heavy (non-hydrogen) atoms. The molecule has 74 valence electrons. The molecule has 0 aromatic carbocycles. The van der Waals surface area contributed by atoms with Gasteiger partial charge in [-0.05, 0) is 18.0 Å². The predicted octanol–water partition coefficient (Wildman–Crippen LogP) is 2.30. The minimum absolute atomic E-state index is 0.207. The third kappa shape index (κ3) is 2.00. The summed E-state index contributed by atoms with van der Waals surface area (Å²) < 4.78 is 8.30. The largest absolute Gasteiger partial charge is 0.304 e. The van der Waals surface area contributed by atoms with Crippen LogP contribution in [0.2, 0.25) is 0 Å². The standard InChI is InChI=1S/C9H11N3S2/c1-2-10-9(7-6-11-14-12-7)8-4-3-5-13-8/h3-6,9-10H,2H2,1H3. The van der Waals surface area contributed by atoms with E-state index in [4.69, 9.17) is 0 Å². The Morgan fingerprint density at radius 1 is 1.57 bits per heavy atom. The van der Waals surface area contributed by atoms with Gasteiger partial charge in [-0.3, -0.25) is 0 Å². The van der Waals surface area contributed by atoms with Crippen molar-refractivity contribution in [2.45, 2.75) is 13.0 Å². The molecule has 0 aliphatic rings. The first kappa shape index (κ1) is 9.76. The van der Waals surface area contributed by atoms with Crippen molar-refractivity contribution in [1.82, 2.24) is 14.1 Å². The van der Waals surface area contributed by atoms with Crippen LogP contribution in [0, 0.1) is 0 Å². The van der Waals surface area contributed by atoms with E-state index >= 15 is 0 Å². The zero-order valence-electron chi connectivity index (χ0n) is 7.80. The quantitative estimate of drug-likeness (QED) is 0.867. The molecule has 1 atom stereocenters. The second-order valence-corrected chi connectivity index (χ2v) is 4.37. The van der Waals surface area contributed by atoms with Crippen LogP contribution in [0.4, 0.5) is 0 Å². The summed E-state index contributed by atoms with van der Waals surface area (Å²) in [6.07, 6.45) is 1.83. The van der Waals surface area contributed by atoms with Gasteiger partial charge in [0.1, 0.15) is 0 Å². The van der Waals surface area contributed by atoms with Gasteiger partial charge in [-0.25, -0.2) is 0 Å². The molecule has 0 fully saturated rings. The Labute approximate surface area is 91.1 Å². The van der Waals surface area contributed by atoms with Crippen molar-refractivity contribution in [3.05, 3.63) is 34.3 Å². The predicted molar refractivity (Wildman–Crippen MR) is 59.7 cm³/mol. The maximum absolute atomic E-state index is 4.27. The van der Waals surface area contributed by atoms with Crippen LogP contribution in [0.3, 0.4) is 0 Å². The third-order valence-electron chi connectivity index (χ3n) is 1.91. The molecule has 0 aliphatic carbocycles. The summed E-state index contributed by atoms with van der Waals surface area (Å²) in [6.45, 7) is 3.03. The van der Waals surface area contributed by atoms with E-state index in [1.807, 2.05) is 6.20 Å². The number of hydrogen-bond donors (Lipinski definition) is 1. The summed E-state index contributed by atoms with van der Waals surface area (Å²) >= 11 is 3.00. The van der Waals surface area contributed by atoms with Crippen molar-refractivity contribution in [3.63, 3.8) is 0 Å². The fourth-order valence-electron chi connectivity index (χ4n) is 1.31. The van der Waals surface area contributed by atoms with Crippen LogP contribution in [0.25, 0.3) is 0 Å². The van der Waals surface area contributed by atoms with Gasteiger partial charge in [0.25, 0.3) is 0 Å². The Morgan fingerprint density at radius 3 is 3.07 bits per heavy atom. The van der Waals surface area contributed by atoms with Crippen molar-refractivity contribution in [1.29, 1.82) is 0 Å². The summed E-state index contributed by atoms with van der Waals surface area (Å²) in [5.74, 6) is 0. The molecule has 5 heteroatoms. The fraction of sp³-hybridized carbons (Fsp3) is 0.333. The molecular weight excluding hydrogens is 214 g/mol. The van der Waals surface area contributed by atoms with E-state index in [1.165, 1.54) is 16.6 Å². The van der Waals surface area contributed by atoms with Crippen molar-refractivity contribution >= 4 is 23.1 Å². The molecule has 1 N–H and O–H groups in total. The second kappa shape index (κ2) is 4.63. The number of rotatable bonds is 4. The van der Waals surface area contributed by atoms with Crippen LogP contribution in [0.15, 0.2) is 23.7 Å². The van der Waals surface area contributed by atoms with E-state index in [0.717, 1.165) is 12.2 Å². The Bertz CT molecular complexity index is 321. The molecule has 2 aromatic heterocycles. The lowest BCUT2D eigenvalue weighted by Crippen LogP contribution is -2.21. The molecule has 0 radical (unpaired) electrons. The van der Waals surface area contributed by atoms with Crippen LogP contribution < -0.4 is 5.32 Å². The minimum Gasteiger partial charge on any atom is -0.304 e. The number of nitrogens with one attached hydrogen (secondary N) is 1. The van der Waals surface area contributed by atoms with E-state index in [9.17, 15) is 0 Å². The fourth-order valence-corrected chi connectivity index (χ4v) is 2.57. The summed E-state index contributed by atoms with van der Waals surface area (Å²) in [5.41, 5.74) is 1.01. The summed E-state index contributed by atoms with van der Waals surface area (Å²) in [7, 11) is 0. The summed E-state index contributed by atoms with van der Waals surface area (Å²) in [6, 6.07) is 4.39. The Morgan fingerprint density at radius 2 is 2.50 bits per heavy atom. The van der Waals surface area contributed by atoms with Crippen LogP contribution >= 0.6 is 23.1 Å². The highest BCUT2D eigenvalue weighted by molar-refractivity contribution is 7.10. The number of thiophene rings is 1. The maximum atomic E-state index is 4.27. The SMILES string of the molecule is CCNC(c1cnsn1)c1cccs1. The van der Waals surface area contributed by atoms with Crippen molar-refractivity contribution < 1.29 is 0 Å². The van der Waals surface area contributed by atoms with Crippen LogP contribution in [-0.4, -0.2) is 15.3 Å². The molecule has 2 rings (SSSR count). The zero-order chi connectivity index (χ0) is 9.80. The first-order valence-corrected chi connectivity index (χ1v) is 6.07. The molecule has 2 heterocycles. The average molecular weight is 225 g/mol. The highest BCUT2D eigenvalue weighted by Crippen LogP contribution is 2.24. The molecule has 0 saturated carbocycles. The van der Waals surface area contributed by atoms with Crippen LogP contribution in [0.5, 0.6) is 0 Å². The molecule has 0 saturated heterocycles. The average Bonchev–Trinajstić information content (AvgIpc) is 2.87. The highest BCUT2D eigenvalue weighted by atomic mass is 32.1. The van der Waals surface area contributed by atoms with Gasteiger partial charge in [-0.1, -0.05) is 13.0 Å². The van der Waals surface area contributed by atoms with Gasteiger partial charge in [0.2, 0.25) is 0 Å². The Hall–Kier alpha value is -0.780.